The highest BCUT2D eigenvalue weighted by Gasteiger charge is 2.22. The van der Waals surface area contributed by atoms with Crippen LogP contribution in [0.15, 0.2) is 18.2 Å². The third-order valence-corrected chi connectivity index (χ3v) is 4.30. The number of rotatable bonds is 4. The molecule has 1 fully saturated rings. The van der Waals surface area contributed by atoms with Crippen LogP contribution in [-0.2, 0) is 0 Å². The van der Waals surface area contributed by atoms with Crippen molar-refractivity contribution in [2.45, 2.75) is 58.4 Å². The number of hydrogen-bond donors (Lipinski definition) is 1. The van der Waals surface area contributed by atoms with Gasteiger partial charge >= 0.3 is 0 Å². The third kappa shape index (κ3) is 3.50. The van der Waals surface area contributed by atoms with Gasteiger partial charge in [-0.15, -0.1) is 0 Å². The lowest BCUT2D eigenvalue weighted by Crippen LogP contribution is -2.30. The van der Waals surface area contributed by atoms with Crippen LogP contribution in [-0.4, -0.2) is 6.04 Å². The Kier molecular flexibility index (Phi) is 4.85. The average Bonchev–Trinajstić information content (AvgIpc) is 2.46. The maximum absolute atomic E-state index is 9.25. The number of nitrogens with zero attached hydrogens (tertiary/aromatic N) is 1. The second-order valence-corrected chi connectivity index (χ2v) is 5.72. The maximum Gasteiger partial charge on any atom is 0.101 e. The average molecular weight is 256 g/mol. The van der Waals surface area contributed by atoms with E-state index in [1.807, 2.05) is 13.0 Å². The molecule has 0 heterocycles. The highest BCUT2D eigenvalue weighted by Crippen LogP contribution is 2.30. The van der Waals surface area contributed by atoms with E-state index in [0.717, 1.165) is 29.2 Å². The smallest absolute Gasteiger partial charge is 0.101 e. The van der Waals surface area contributed by atoms with E-state index in [1.54, 1.807) is 0 Å². The van der Waals surface area contributed by atoms with Crippen molar-refractivity contribution in [1.82, 2.24) is 0 Å². The lowest BCUT2D eigenvalue weighted by Gasteiger charge is -2.31. The predicted molar refractivity (Wildman–Crippen MR) is 80.2 cm³/mol. The zero-order chi connectivity index (χ0) is 13.7. The fourth-order valence-corrected chi connectivity index (χ4v) is 3.17. The van der Waals surface area contributed by atoms with E-state index in [2.05, 4.69) is 30.4 Å². The van der Waals surface area contributed by atoms with Crippen molar-refractivity contribution < 1.29 is 0 Å². The van der Waals surface area contributed by atoms with Crippen LogP contribution in [0.3, 0.4) is 0 Å². The van der Waals surface area contributed by atoms with Gasteiger partial charge in [0, 0.05) is 6.04 Å². The Morgan fingerprint density at radius 1 is 1.32 bits per heavy atom. The molecule has 2 heteroatoms. The number of anilines is 1. The summed E-state index contributed by atoms with van der Waals surface area (Å²) >= 11 is 0. The van der Waals surface area contributed by atoms with Crippen LogP contribution in [0.1, 0.15) is 56.6 Å². The Bertz CT molecular complexity index is 453. The van der Waals surface area contributed by atoms with E-state index in [0.29, 0.717) is 6.04 Å². The van der Waals surface area contributed by atoms with E-state index in [4.69, 9.17) is 0 Å². The Hall–Kier alpha value is -1.49. The summed E-state index contributed by atoms with van der Waals surface area (Å²) in [6, 6.07) is 8.92. The molecule has 0 spiro atoms. The fraction of sp³-hybridized carbons (Fsp3) is 0.588. The molecule has 0 amide bonds. The highest BCUT2D eigenvalue weighted by atomic mass is 14.9. The molecule has 1 aromatic rings. The van der Waals surface area contributed by atoms with Crippen LogP contribution >= 0.6 is 0 Å². The van der Waals surface area contributed by atoms with Gasteiger partial charge in [-0.2, -0.15) is 5.26 Å². The summed E-state index contributed by atoms with van der Waals surface area (Å²) in [5.41, 5.74) is 2.92. The molecule has 1 saturated carbocycles. The molecular weight excluding hydrogens is 232 g/mol. The van der Waals surface area contributed by atoms with Crippen LogP contribution in [0, 0.1) is 24.2 Å². The molecule has 1 N–H and O–H groups in total. The molecule has 1 aliphatic rings. The second-order valence-electron chi connectivity index (χ2n) is 5.72. The Morgan fingerprint density at radius 2 is 2.05 bits per heavy atom. The number of nitrogens with one attached hydrogen (secondary N) is 1. The first-order chi connectivity index (χ1) is 9.24. The molecule has 0 aromatic heterocycles. The topological polar surface area (TPSA) is 35.8 Å². The predicted octanol–water partition coefficient (Wildman–Crippen LogP) is 4.64. The van der Waals surface area contributed by atoms with Crippen molar-refractivity contribution in [2.24, 2.45) is 5.92 Å². The van der Waals surface area contributed by atoms with Gasteiger partial charge in [-0.25, -0.2) is 0 Å². The van der Waals surface area contributed by atoms with Gasteiger partial charge in [-0.1, -0.05) is 32.3 Å². The van der Waals surface area contributed by atoms with Crippen molar-refractivity contribution in [1.29, 1.82) is 5.26 Å². The van der Waals surface area contributed by atoms with E-state index >= 15 is 0 Å². The molecule has 2 nitrogen and oxygen atoms in total. The van der Waals surface area contributed by atoms with Crippen molar-refractivity contribution >= 4 is 5.69 Å². The van der Waals surface area contributed by atoms with Gasteiger partial charge in [0.25, 0.3) is 0 Å². The van der Waals surface area contributed by atoms with Crippen molar-refractivity contribution in [3.63, 3.8) is 0 Å². The summed E-state index contributed by atoms with van der Waals surface area (Å²) < 4.78 is 0. The summed E-state index contributed by atoms with van der Waals surface area (Å²) in [6.07, 6.45) is 7.91. The monoisotopic (exact) mass is 256 g/mol. The molecule has 1 aliphatic carbocycles. The minimum atomic E-state index is 0.509. The van der Waals surface area contributed by atoms with Crippen LogP contribution in [0.25, 0.3) is 0 Å². The number of aryl methyl sites for hydroxylation is 1. The van der Waals surface area contributed by atoms with Gasteiger partial charge in [-0.3, -0.25) is 0 Å². The normalized spacial score (nSPS) is 17.7. The summed E-state index contributed by atoms with van der Waals surface area (Å²) in [5, 5.41) is 12.9. The largest absolute Gasteiger partial charge is 0.381 e. The molecule has 0 aliphatic heterocycles. The number of hydrogen-bond acceptors (Lipinski definition) is 2. The maximum atomic E-state index is 9.25. The van der Waals surface area contributed by atoms with E-state index in [-0.39, 0.29) is 0 Å². The Morgan fingerprint density at radius 3 is 2.68 bits per heavy atom. The zero-order valence-corrected chi connectivity index (χ0v) is 12.1. The van der Waals surface area contributed by atoms with Crippen molar-refractivity contribution in [3.05, 3.63) is 29.3 Å². The van der Waals surface area contributed by atoms with Crippen molar-refractivity contribution in [2.75, 3.05) is 5.32 Å². The molecule has 1 aromatic carbocycles. The van der Waals surface area contributed by atoms with Gasteiger partial charge in [0.1, 0.15) is 6.07 Å². The minimum absolute atomic E-state index is 0.509. The summed E-state index contributed by atoms with van der Waals surface area (Å²) in [6.45, 7) is 4.27. The van der Waals surface area contributed by atoms with Crippen LogP contribution in [0.2, 0.25) is 0 Å². The van der Waals surface area contributed by atoms with Gasteiger partial charge in [0.2, 0.25) is 0 Å². The van der Waals surface area contributed by atoms with Crippen LogP contribution < -0.4 is 5.32 Å². The molecular formula is C17H24N2. The zero-order valence-electron chi connectivity index (χ0n) is 12.1. The quantitative estimate of drug-likeness (QED) is 0.852. The second kappa shape index (κ2) is 6.61. The van der Waals surface area contributed by atoms with E-state index < -0.39 is 0 Å². The molecule has 2 rings (SSSR count). The minimum Gasteiger partial charge on any atom is -0.381 e. The first-order valence-corrected chi connectivity index (χ1v) is 7.52. The standard InChI is InChI=1S/C17H24N2/c1-3-16(14-7-5-4-6-8-14)19-17-10-9-13(2)11-15(17)12-18/h9-11,14,16,19H,3-8H2,1-2H3. The van der Waals surface area contributed by atoms with Gasteiger partial charge in [0.05, 0.1) is 11.3 Å². The van der Waals surface area contributed by atoms with Crippen LogP contribution in [0.5, 0.6) is 0 Å². The van der Waals surface area contributed by atoms with Gasteiger partial charge in [0.15, 0.2) is 0 Å². The fourth-order valence-electron chi connectivity index (χ4n) is 3.17. The summed E-state index contributed by atoms with van der Waals surface area (Å²) in [4.78, 5) is 0. The Balaban J connectivity index is 2.11. The Labute approximate surface area is 116 Å². The lowest BCUT2D eigenvalue weighted by atomic mass is 9.82. The van der Waals surface area contributed by atoms with Crippen LogP contribution in [0.4, 0.5) is 5.69 Å². The first-order valence-electron chi connectivity index (χ1n) is 7.52. The third-order valence-electron chi connectivity index (χ3n) is 4.30. The van der Waals surface area contributed by atoms with Crippen molar-refractivity contribution in [3.8, 4) is 6.07 Å². The molecule has 0 bridgehead atoms. The first kappa shape index (κ1) is 13.9. The molecule has 0 radical (unpaired) electrons. The summed E-state index contributed by atoms with van der Waals surface area (Å²) in [5.74, 6) is 0.770. The van der Waals surface area contributed by atoms with E-state index in [1.165, 1.54) is 32.1 Å². The van der Waals surface area contributed by atoms with Gasteiger partial charge < -0.3 is 5.32 Å². The SMILES string of the molecule is CCC(Nc1ccc(C)cc1C#N)C1CCCCC1. The van der Waals surface area contributed by atoms with E-state index in [9.17, 15) is 5.26 Å². The molecule has 19 heavy (non-hydrogen) atoms. The molecule has 102 valence electrons. The highest BCUT2D eigenvalue weighted by molar-refractivity contribution is 5.59. The number of benzene rings is 1. The molecule has 1 unspecified atom stereocenters. The van der Waals surface area contributed by atoms with Gasteiger partial charge in [-0.05, 0) is 49.8 Å². The molecule has 0 saturated heterocycles. The number of nitriles is 1. The summed E-state index contributed by atoms with van der Waals surface area (Å²) in [7, 11) is 0. The molecule has 1 atom stereocenters. The lowest BCUT2D eigenvalue weighted by molar-refractivity contribution is 0.313.